The smallest absolute Gasteiger partial charge is 0.326 e. The van der Waals surface area contributed by atoms with Crippen molar-refractivity contribution >= 4 is 29.2 Å². The second kappa shape index (κ2) is 7.58. The van der Waals surface area contributed by atoms with Gasteiger partial charge in [-0.1, -0.05) is 0 Å². The Labute approximate surface area is 125 Å². The molecule has 0 spiro atoms. The van der Waals surface area contributed by atoms with Crippen molar-refractivity contribution in [1.29, 1.82) is 0 Å². The van der Waals surface area contributed by atoms with Crippen LogP contribution in [-0.2, 0) is 9.59 Å². The van der Waals surface area contributed by atoms with Crippen LogP contribution in [0.3, 0.4) is 0 Å². The number of rotatable bonds is 7. The monoisotopic (exact) mass is 314 g/mol. The van der Waals surface area contributed by atoms with Crippen LogP contribution in [0.2, 0.25) is 0 Å². The predicted octanol–water partition coefficient (Wildman–Crippen LogP) is 0.530. The van der Waals surface area contributed by atoms with E-state index in [4.69, 9.17) is 10.8 Å². The highest BCUT2D eigenvalue weighted by molar-refractivity contribution is 7.11. The SMILES string of the molecule is Cc1cnc(C(C)NC(=O)NC(CCC(N)=O)C(=O)O)s1. The van der Waals surface area contributed by atoms with E-state index in [0.29, 0.717) is 0 Å². The Balaban J connectivity index is 2.53. The molecule has 1 aromatic rings. The average molecular weight is 314 g/mol. The summed E-state index contributed by atoms with van der Waals surface area (Å²) in [5, 5.41) is 14.6. The van der Waals surface area contributed by atoms with Crippen molar-refractivity contribution in [3.05, 3.63) is 16.1 Å². The lowest BCUT2D eigenvalue weighted by Crippen LogP contribution is -2.46. The molecule has 21 heavy (non-hydrogen) atoms. The Hall–Kier alpha value is -2.16. The molecule has 0 saturated carbocycles. The molecule has 3 amide bonds. The zero-order valence-electron chi connectivity index (χ0n) is 11.8. The highest BCUT2D eigenvalue weighted by Gasteiger charge is 2.21. The molecule has 2 atom stereocenters. The lowest BCUT2D eigenvalue weighted by atomic mass is 10.1. The molecular formula is C12H18N4O4S. The number of aryl methyl sites for hydroxylation is 1. The van der Waals surface area contributed by atoms with Gasteiger partial charge in [0.25, 0.3) is 0 Å². The van der Waals surface area contributed by atoms with Crippen LogP contribution in [-0.4, -0.2) is 34.0 Å². The normalized spacial score (nSPS) is 13.2. The fourth-order valence-electron chi connectivity index (χ4n) is 1.57. The van der Waals surface area contributed by atoms with Crippen LogP contribution >= 0.6 is 11.3 Å². The van der Waals surface area contributed by atoms with Gasteiger partial charge < -0.3 is 21.5 Å². The minimum absolute atomic E-state index is 0.0528. The number of primary amides is 1. The minimum Gasteiger partial charge on any atom is -0.480 e. The number of nitrogens with zero attached hydrogens (tertiary/aromatic N) is 1. The minimum atomic E-state index is -1.22. The number of hydrogen-bond donors (Lipinski definition) is 4. The molecule has 0 aliphatic heterocycles. The number of carboxylic acid groups (broad SMARTS) is 1. The molecule has 0 aromatic carbocycles. The number of amides is 3. The first-order valence-corrected chi connectivity index (χ1v) is 7.11. The first kappa shape index (κ1) is 16.9. The number of hydrogen-bond acceptors (Lipinski definition) is 5. The van der Waals surface area contributed by atoms with E-state index in [1.54, 1.807) is 13.1 Å². The maximum Gasteiger partial charge on any atom is 0.326 e. The quantitative estimate of drug-likeness (QED) is 0.582. The van der Waals surface area contributed by atoms with Crippen LogP contribution < -0.4 is 16.4 Å². The molecule has 0 aliphatic rings. The Morgan fingerprint density at radius 3 is 2.57 bits per heavy atom. The molecule has 2 unspecified atom stereocenters. The largest absolute Gasteiger partial charge is 0.480 e. The van der Waals surface area contributed by atoms with E-state index in [9.17, 15) is 14.4 Å². The lowest BCUT2D eigenvalue weighted by Gasteiger charge is -2.17. The second-order valence-electron chi connectivity index (χ2n) is 4.54. The molecule has 1 heterocycles. The molecule has 5 N–H and O–H groups in total. The van der Waals surface area contributed by atoms with Crippen LogP contribution in [0.25, 0.3) is 0 Å². The molecule has 0 saturated heterocycles. The summed E-state index contributed by atoms with van der Waals surface area (Å²) in [5.41, 5.74) is 4.96. The van der Waals surface area contributed by atoms with Gasteiger partial charge in [-0.05, 0) is 20.3 Å². The number of carbonyl (C=O) groups excluding carboxylic acids is 2. The molecule has 116 valence electrons. The summed E-state index contributed by atoms with van der Waals surface area (Å²) in [5.74, 6) is -1.83. The third kappa shape index (κ3) is 5.78. The third-order valence-corrected chi connectivity index (χ3v) is 3.74. The molecular weight excluding hydrogens is 296 g/mol. The van der Waals surface area contributed by atoms with E-state index in [1.807, 2.05) is 6.92 Å². The van der Waals surface area contributed by atoms with Crippen LogP contribution in [0, 0.1) is 6.92 Å². The van der Waals surface area contributed by atoms with Gasteiger partial charge in [0.1, 0.15) is 11.0 Å². The van der Waals surface area contributed by atoms with Crippen LogP contribution in [0.4, 0.5) is 4.79 Å². The zero-order valence-corrected chi connectivity index (χ0v) is 12.6. The summed E-state index contributed by atoms with van der Waals surface area (Å²) >= 11 is 1.45. The van der Waals surface area contributed by atoms with Gasteiger partial charge in [-0.25, -0.2) is 14.6 Å². The molecule has 0 bridgehead atoms. The molecule has 0 aliphatic carbocycles. The molecule has 1 rings (SSSR count). The number of nitrogens with one attached hydrogen (secondary N) is 2. The van der Waals surface area contributed by atoms with Gasteiger partial charge in [-0.2, -0.15) is 0 Å². The molecule has 0 radical (unpaired) electrons. The average Bonchev–Trinajstić information content (AvgIpc) is 2.80. The van der Waals surface area contributed by atoms with Crippen LogP contribution in [0.5, 0.6) is 0 Å². The van der Waals surface area contributed by atoms with Crippen LogP contribution in [0.15, 0.2) is 6.20 Å². The number of thiazole rings is 1. The summed E-state index contributed by atoms with van der Waals surface area (Å²) in [4.78, 5) is 38.6. The summed E-state index contributed by atoms with van der Waals surface area (Å²) in [6, 6.07) is -2.13. The predicted molar refractivity (Wildman–Crippen MR) is 76.8 cm³/mol. The van der Waals surface area contributed by atoms with Crippen molar-refractivity contribution in [2.75, 3.05) is 0 Å². The van der Waals surface area contributed by atoms with Gasteiger partial charge in [-0.15, -0.1) is 11.3 Å². The molecule has 0 fully saturated rings. The number of carboxylic acids is 1. The van der Waals surface area contributed by atoms with Crippen molar-refractivity contribution in [3.63, 3.8) is 0 Å². The Kier molecular flexibility index (Phi) is 6.10. The Morgan fingerprint density at radius 1 is 1.43 bits per heavy atom. The molecule has 8 nitrogen and oxygen atoms in total. The summed E-state index contributed by atoms with van der Waals surface area (Å²) in [7, 11) is 0. The number of urea groups is 1. The standard InChI is InChI=1S/C12H18N4O4S/c1-6-5-14-10(21-6)7(2)15-12(20)16-8(11(18)19)3-4-9(13)17/h5,7-8H,3-4H2,1-2H3,(H2,13,17)(H,18,19)(H2,15,16,20). The summed E-state index contributed by atoms with van der Waals surface area (Å²) in [6.45, 7) is 3.65. The topological polar surface area (TPSA) is 134 Å². The number of carbonyl (C=O) groups is 3. The number of nitrogens with two attached hydrogens (primary N) is 1. The van der Waals surface area contributed by atoms with E-state index in [1.165, 1.54) is 11.3 Å². The van der Waals surface area contributed by atoms with Crippen molar-refractivity contribution < 1.29 is 19.5 Å². The van der Waals surface area contributed by atoms with Crippen molar-refractivity contribution in [1.82, 2.24) is 15.6 Å². The summed E-state index contributed by atoms with van der Waals surface area (Å²) < 4.78 is 0. The van der Waals surface area contributed by atoms with E-state index >= 15 is 0 Å². The summed E-state index contributed by atoms with van der Waals surface area (Å²) in [6.07, 6.45) is 1.53. The zero-order chi connectivity index (χ0) is 16.0. The first-order chi connectivity index (χ1) is 9.79. The Bertz CT molecular complexity index is 531. The lowest BCUT2D eigenvalue weighted by molar-refractivity contribution is -0.139. The van der Waals surface area contributed by atoms with Crippen LogP contribution in [0.1, 0.15) is 35.7 Å². The van der Waals surface area contributed by atoms with Crippen molar-refractivity contribution in [2.24, 2.45) is 5.73 Å². The molecule has 1 aromatic heterocycles. The molecule has 9 heteroatoms. The maximum absolute atomic E-state index is 11.8. The Morgan fingerprint density at radius 2 is 2.10 bits per heavy atom. The van der Waals surface area contributed by atoms with Gasteiger partial charge >= 0.3 is 12.0 Å². The number of aliphatic carboxylic acids is 1. The van der Waals surface area contributed by atoms with Crippen molar-refractivity contribution in [3.8, 4) is 0 Å². The first-order valence-electron chi connectivity index (χ1n) is 6.30. The van der Waals surface area contributed by atoms with E-state index in [2.05, 4.69) is 15.6 Å². The fraction of sp³-hybridized carbons (Fsp3) is 0.500. The van der Waals surface area contributed by atoms with Gasteiger partial charge in [0.15, 0.2) is 0 Å². The van der Waals surface area contributed by atoms with E-state index < -0.39 is 23.9 Å². The highest BCUT2D eigenvalue weighted by atomic mass is 32.1. The van der Waals surface area contributed by atoms with E-state index in [0.717, 1.165) is 9.88 Å². The second-order valence-corrected chi connectivity index (χ2v) is 5.81. The van der Waals surface area contributed by atoms with Gasteiger partial charge in [0.05, 0.1) is 6.04 Å². The fourth-order valence-corrected chi connectivity index (χ4v) is 2.35. The van der Waals surface area contributed by atoms with Crippen molar-refractivity contribution in [2.45, 2.75) is 38.8 Å². The highest BCUT2D eigenvalue weighted by Crippen LogP contribution is 2.18. The number of aromatic nitrogens is 1. The van der Waals surface area contributed by atoms with Gasteiger partial charge in [0.2, 0.25) is 5.91 Å². The maximum atomic E-state index is 11.8. The van der Waals surface area contributed by atoms with E-state index in [-0.39, 0.29) is 18.9 Å². The van der Waals surface area contributed by atoms with Gasteiger partial charge in [0, 0.05) is 17.5 Å². The third-order valence-electron chi connectivity index (χ3n) is 2.64. The van der Waals surface area contributed by atoms with Gasteiger partial charge in [-0.3, -0.25) is 4.79 Å².